The van der Waals surface area contributed by atoms with Gasteiger partial charge in [-0.2, -0.15) is 0 Å². The summed E-state index contributed by atoms with van der Waals surface area (Å²) in [5.74, 6) is 2.18. The van der Waals surface area contributed by atoms with Crippen LogP contribution in [-0.4, -0.2) is 34.6 Å². The Morgan fingerprint density at radius 3 is 2.83 bits per heavy atom. The number of carbonyl (C=O) groups excluding carboxylic acids is 1. The first kappa shape index (κ1) is 16.1. The van der Waals surface area contributed by atoms with Gasteiger partial charge in [0.2, 0.25) is 5.91 Å². The maximum Gasteiger partial charge on any atom is 0.232 e. The zero-order valence-corrected chi connectivity index (χ0v) is 14.3. The van der Waals surface area contributed by atoms with Crippen molar-refractivity contribution in [1.82, 2.24) is 9.88 Å². The fraction of sp³-hybridized carbons (Fsp3) is 0.368. The predicted molar refractivity (Wildman–Crippen MR) is 95.5 cm³/mol. The van der Waals surface area contributed by atoms with E-state index in [1.165, 1.54) is 16.7 Å². The normalized spacial score (nSPS) is 17.4. The number of nitrogens with zero attached hydrogens (tertiary/aromatic N) is 2. The number of amides is 1. The molecule has 1 amide bonds. The fourth-order valence-electron chi connectivity index (χ4n) is 3.11. The fourth-order valence-corrected chi connectivity index (χ4v) is 4.00. The number of likely N-dealkylation sites (tertiary alicyclic amines) is 1. The summed E-state index contributed by atoms with van der Waals surface area (Å²) < 4.78 is 0. The average Bonchev–Trinajstić information content (AvgIpc) is 3.06. The highest BCUT2D eigenvalue weighted by Gasteiger charge is 2.27. The number of hydrogen-bond acceptors (Lipinski definition) is 3. The molecule has 120 valence electrons. The van der Waals surface area contributed by atoms with Crippen LogP contribution < -0.4 is 0 Å². The summed E-state index contributed by atoms with van der Waals surface area (Å²) in [5.41, 5.74) is 3.95. The van der Waals surface area contributed by atoms with E-state index in [9.17, 15) is 4.79 Å². The number of carbonyl (C=O) groups is 1. The predicted octanol–water partition coefficient (Wildman–Crippen LogP) is 3.64. The molecule has 1 saturated heterocycles. The third-order valence-corrected chi connectivity index (χ3v) is 5.40. The van der Waals surface area contributed by atoms with Crippen LogP contribution in [0.15, 0.2) is 48.8 Å². The molecule has 0 unspecified atom stereocenters. The molecule has 1 aromatic heterocycles. The first-order valence-corrected chi connectivity index (χ1v) is 9.19. The van der Waals surface area contributed by atoms with Crippen molar-refractivity contribution in [2.45, 2.75) is 25.0 Å². The first-order chi connectivity index (χ1) is 11.2. The Kier molecular flexibility index (Phi) is 5.34. The van der Waals surface area contributed by atoms with Gasteiger partial charge in [0, 0.05) is 37.2 Å². The van der Waals surface area contributed by atoms with Crippen LogP contribution in [0.5, 0.6) is 0 Å². The molecule has 4 heteroatoms. The Balaban J connectivity index is 1.49. The Morgan fingerprint density at radius 1 is 1.26 bits per heavy atom. The molecule has 1 aliphatic heterocycles. The Bertz CT molecular complexity index is 659. The number of aryl methyl sites for hydroxylation is 1. The molecule has 0 saturated carbocycles. The summed E-state index contributed by atoms with van der Waals surface area (Å²) in [7, 11) is 0. The summed E-state index contributed by atoms with van der Waals surface area (Å²) >= 11 is 1.68. The topological polar surface area (TPSA) is 33.2 Å². The van der Waals surface area contributed by atoms with Gasteiger partial charge >= 0.3 is 0 Å². The van der Waals surface area contributed by atoms with E-state index in [1.54, 1.807) is 24.2 Å². The van der Waals surface area contributed by atoms with Crippen LogP contribution in [0, 0.1) is 6.92 Å². The number of thioether (sulfide) groups is 1. The molecule has 0 aliphatic carbocycles. The van der Waals surface area contributed by atoms with E-state index >= 15 is 0 Å². The van der Waals surface area contributed by atoms with E-state index in [-0.39, 0.29) is 5.91 Å². The summed E-state index contributed by atoms with van der Waals surface area (Å²) in [5, 5.41) is 0. The maximum absolute atomic E-state index is 12.4. The van der Waals surface area contributed by atoms with Crippen LogP contribution in [0.3, 0.4) is 0 Å². The van der Waals surface area contributed by atoms with Crippen molar-refractivity contribution >= 4 is 17.7 Å². The van der Waals surface area contributed by atoms with Crippen molar-refractivity contribution in [3.8, 4) is 0 Å². The van der Waals surface area contributed by atoms with E-state index in [2.05, 4.69) is 36.2 Å². The lowest BCUT2D eigenvalue weighted by molar-refractivity contribution is -0.127. The molecule has 1 atom stereocenters. The number of pyridine rings is 1. The van der Waals surface area contributed by atoms with Crippen LogP contribution >= 0.6 is 11.8 Å². The van der Waals surface area contributed by atoms with Gasteiger partial charge in [0.05, 0.1) is 5.75 Å². The third-order valence-electron chi connectivity index (χ3n) is 4.41. The van der Waals surface area contributed by atoms with Crippen LogP contribution in [0.25, 0.3) is 0 Å². The van der Waals surface area contributed by atoms with Crippen LogP contribution in [0.4, 0.5) is 0 Å². The Morgan fingerprint density at radius 2 is 2.04 bits per heavy atom. The lowest BCUT2D eigenvalue weighted by Gasteiger charge is -2.17. The maximum atomic E-state index is 12.4. The molecule has 23 heavy (non-hydrogen) atoms. The highest BCUT2D eigenvalue weighted by Crippen LogP contribution is 2.29. The molecule has 2 aromatic rings. The van der Waals surface area contributed by atoms with Gasteiger partial charge < -0.3 is 4.90 Å². The SMILES string of the molecule is Cc1ccccc1[C@H]1CCN(C(=O)CSCc2ccncc2)C1. The van der Waals surface area contributed by atoms with Gasteiger partial charge in [0.15, 0.2) is 0 Å². The zero-order chi connectivity index (χ0) is 16.1. The number of benzene rings is 1. The highest BCUT2D eigenvalue weighted by molar-refractivity contribution is 7.99. The minimum Gasteiger partial charge on any atom is -0.341 e. The molecule has 0 radical (unpaired) electrons. The monoisotopic (exact) mass is 326 g/mol. The van der Waals surface area contributed by atoms with E-state index in [0.29, 0.717) is 11.7 Å². The van der Waals surface area contributed by atoms with Gasteiger partial charge in [-0.25, -0.2) is 0 Å². The third kappa shape index (κ3) is 4.14. The van der Waals surface area contributed by atoms with E-state index in [0.717, 1.165) is 25.3 Å². The van der Waals surface area contributed by atoms with Crippen molar-refractivity contribution < 1.29 is 4.79 Å². The smallest absolute Gasteiger partial charge is 0.232 e. The van der Waals surface area contributed by atoms with Crippen LogP contribution in [0.2, 0.25) is 0 Å². The highest BCUT2D eigenvalue weighted by atomic mass is 32.2. The van der Waals surface area contributed by atoms with Crippen molar-refractivity contribution in [2.75, 3.05) is 18.8 Å². The number of hydrogen-bond donors (Lipinski definition) is 0. The molecule has 1 aliphatic rings. The molecular formula is C19H22N2OS. The van der Waals surface area contributed by atoms with Gasteiger partial charge in [-0.15, -0.1) is 11.8 Å². The molecule has 1 fully saturated rings. The van der Waals surface area contributed by atoms with E-state index in [4.69, 9.17) is 0 Å². The summed E-state index contributed by atoms with van der Waals surface area (Å²) in [6.07, 6.45) is 4.67. The Labute approximate surface area is 142 Å². The first-order valence-electron chi connectivity index (χ1n) is 8.04. The molecule has 2 heterocycles. The van der Waals surface area contributed by atoms with Crippen molar-refractivity contribution in [1.29, 1.82) is 0 Å². The molecular weight excluding hydrogens is 304 g/mol. The minimum atomic E-state index is 0.264. The van der Waals surface area contributed by atoms with Crippen molar-refractivity contribution in [3.63, 3.8) is 0 Å². The number of aromatic nitrogens is 1. The van der Waals surface area contributed by atoms with E-state index in [1.807, 2.05) is 17.0 Å². The standard InChI is InChI=1S/C19H22N2OS/c1-15-4-2-3-5-18(15)17-8-11-21(12-17)19(22)14-23-13-16-6-9-20-10-7-16/h2-7,9-10,17H,8,11-14H2,1H3/t17-/m0/s1. The molecule has 3 rings (SSSR count). The average molecular weight is 326 g/mol. The second-order valence-electron chi connectivity index (χ2n) is 6.03. The van der Waals surface area contributed by atoms with Crippen molar-refractivity contribution in [3.05, 3.63) is 65.5 Å². The van der Waals surface area contributed by atoms with Gasteiger partial charge in [-0.05, 0) is 42.2 Å². The summed E-state index contributed by atoms with van der Waals surface area (Å²) in [6.45, 7) is 3.90. The molecule has 1 aromatic carbocycles. The second-order valence-corrected chi connectivity index (χ2v) is 7.02. The summed E-state index contributed by atoms with van der Waals surface area (Å²) in [4.78, 5) is 18.4. The largest absolute Gasteiger partial charge is 0.341 e. The molecule has 3 nitrogen and oxygen atoms in total. The number of rotatable bonds is 5. The van der Waals surface area contributed by atoms with Crippen LogP contribution in [0.1, 0.15) is 29.0 Å². The van der Waals surface area contributed by atoms with Crippen LogP contribution in [-0.2, 0) is 10.5 Å². The van der Waals surface area contributed by atoms with E-state index < -0.39 is 0 Å². The lowest BCUT2D eigenvalue weighted by atomic mass is 9.94. The van der Waals surface area contributed by atoms with Gasteiger partial charge in [-0.3, -0.25) is 9.78 Å². The quantitative estimate of drug-likeness (QED) is 0.841. The lowest BCUT2D eigenvalue weighted by Crippen LogP contribution is -2.30. The van der Waals surface area contributed by atoms with Gasteiger partial charge in [0.1, 0.15) is 0 Å². The van der Waals surface area contributed by atoms with Gasteiger partial charge in [0.25, 0.3) is 0 Å². The Hall–Kier alpha value is -1.81. The van der Waals surface area contributed by atoms with Crippen molar-refractivity contribution in [2.24, 2.45) is 0 Å². The summed E-state index contributed by atoms with van der Waals surface area (Å²) in [6, 6.07) is 12.5. The molecule has 0 spiro atoms. The molecule has 0 bridgehead atoms. The second kappa shape index (κ2) is 7.64. The molecule has 0 N–H and O–H groups in total. The minimum absolute atomic E-state index is 0.264. The zero-order valence-electron chi connectivity index (χ0n) is 13.4. The van der Waals surface area contributed by atoms with Gasteiger partial charge in [-0.1, -0.05) is 24.3 Å².